The van der Waals surface area contributed by atoms with Gasteiger partial charge in [0.15, 0.2) is 17.5 Å². The molecule has 0 aliphatic carbocycles. The van der Waals surface area contributed by atoms with Crippen molar-refractivity contribution in [2.75, 3.05) is 0 Å². The van der Waals surface area contributed by atoms with E-state index in [-0.39, 0.29) is 0 Å². The van der Waals surface area contributed by atoms with Gasteiger partial charge in [0.1, 0.15) is 0 Å². The van der Waals surface area contributed by atoms with Crippen LogP contribution < -0.4 is 0 Å². The minimum absolute atomic E-state index is 0.720. The summed E-state index contributed by atoms with van der Waals surface area (Å²) in [7, 11) is 0. The zero-order valence-corrected chi connectivity index (χ0v) is 75.7. The molecule has 0 saturated carbocycles. The van der Waals surface area contributed by atoms with Crippen molar-refractivity contribution in [1.82, 2.24) is 29.9 Å². The molecule has 0 unspecified atom stereocenters. The Kier molecular flexibility index (Phi) is 22.7. The summed E-state index contributed by atoms with van der Waals surface area (Å²) in [6.07, 6.45) is 0. The van der Waals surface area contributed by atoms with Gasteiger partial charge in [-0.2, -0.15) is 0 Å². The molecule has 0 radical (unpaired) electrons. The van der Waals surface area contributed by atoms with E-state index in [4.69, 9.17) is 29.9 Å². The first-order valence-corrected chi connectivity index (χ1v) is 47.8. The van der Waals surface area contributed by atoms with Crippen molar-refractivity contribution in [3.05, 3.63) is 497 Å². The molecule has 0 aliphatic rings. The molecule has 0 atom stereocenters. The van der Waals surface area contributed by atoms with Gasteiger partial charge in [0.05, 0.1) is 47.7 Å². The standard InChI is InChI=1S/C46H30N2S.2C40H26N2S/c1-4-14-31(15-5-1)34-20-12-21-35(26-34)36-22-13-23-37(27-36)43-45-44(41-24-10-11-25-42(41)49-45)48-46(47-43)40-29-38(32-16-6-2-7-17-32)28-39(30-40)33-18-8-3-9-19-33;1-4-13-27(14-5-1)30-19-12-20-31(23-30)40-41-37(39-38(42-40)35-21-10-11-22-36(35)43-39)34-25-32(28-15-6-2-7-16-28)24-33(26-34)29-17-8-3-9-18-29;1-4-12-27(13-5-1)30-20-22-31(23-21-30)40-41-37(39-38(42-40)35-18-10-11-19-36(35)43-39)34-25-32(28-14-6-2-7-15-28)24-33(26-34)29-16-8-3-9-17-29/h1-30H;2*1-26H. The van der Waals surface area contributed by atoms with Crippen molar-refractivity contribution in [3.8, 4) is 179 Å². The largest absolute Gasteiger partial charge is 0.226 e. The molecule has 25 aromatic rings. The van der Waals surface area contributed by atoms with Gasteiger partial charge < -0.3 is 0 Å². The Morgan fingerprint density at radius 3 is 0.622 bits per heavy atom. The van der Waals surface area contributed by atoms with Crippen LogP contribution in [0.25, 0.3) is 240 Å². The van der Waals surface area contributed by atoms with Crippen LogP contribution in [0.4, 0.5) is 0 Å². The second-order valence-corrected chi connectivity index (χ2v) is 36.7. The summed E-state index contributed by atoms with van der Waals surface area (Å²) in [5.74, 6) is 2.18. The molecule has 0 N–H and O–H groups in total. The molecule has 0 amide bonds. The maximum absolute atomic E-state index is 5.41. The van der Waals surface area contributed by atoms with Crippen LogP contribution in [-0.2, 0) is 0 Å². The molecule has 0 spiro atoms. The molecule has 0 aliphatic heterocycles. The van der Waals surface area contributed by atoms with E-state index >= 15 is 0 Å². The molecule has 25 rings (SSSR count). The lowest BCUT2D eigenvalue weighted by molar-refractivity contribution is 1.24. The fourth-order valence-electron chi connectivity index (χ4n) is 18.1. The van der Waals surface area contributed by atoms with E-state index in [1.165, 1.54) is 80.9 Å². The molecule has 6 heterocycles. The first kappa shape index (κ1) is 82.5. The maximum Gasteiger partial charge on any atom is 0.160 e. The third-order valence-corrected chi connectivity index (χ3v) is 28.3. The van der Waals surface area contributed by atoms with Gasteiger partial charge in [-0.15, -0.1) is 34.0 Å². The highest BCUT2D eigenvalue weighted by Gasteiger charge is 2.24. The number of aromatic nitrogens is 6. The summed E-state index contributed by atoms with van der Waals surface area (Å²) in [5.41, 5.74) is 35.5. The van der Waals surface area contributed by atoms with Crippen molar-refractivity contribution < 1.29 is 0 Å². The Morgan fingerprint density at radius 1 is 0.119 bits per heavy atom. The van der Waals surface area contributed by atoms with Gasteiger partial charge in [-0.05, 0) is 202 Å². The summed E-state index contributed by atoms with van der Waals surface area (Å²) >= 11 is 5.29. The predicted molar refractivity (Wildman–Crippen MR) is 572 cm³/mol. The molecule has 6 aromatic heterocycles. The van der Waals surface area contributed by atoms with Crippen molar-refractivity contribution in [1.29, 1.82) is 0 Å². The first-order valence-electron chi connectivity index (χ1n) is 45.3. The molecule has 135 heavy (non-hydrogen) atoms. The van der Waals surface area contributed by atoms with Crippen LogP contribution in [0, 0.1) is 0 Å². The highest BCUT2D eigenvalue weighted by Crippen LogP contribution is 2.47. The second kappa shape index (κ2) is 37.1. The molecule has 0 bridgehead atoms. The van der Waals surface area contributed by atoms with Crippen molar-refractivity contribution in [2.24, 2.45) is 0 Å². The third-order valence-electron chi connectivity index (χ3n) is 24.8. The number of fused-ring (bicyclic) bond motifs is 9. The maximum atomic E-state index is 5.41. The van der Waals surface area contributed by atoms with E-state index in [0.717, 1.165) is 159 Å². The topological polar surface area (TPSA) is 77.3 Å². The third kappa shape index (κ3) is 17.2. The van der Waals surface area contributed by atoms with Crippen LogP contribution in [0.2, 0.25) is 0 Å². The lowest BCUT2D eigenvalue weighted by atomic mass is 9.94. The first-order chi connectivity index (χ1) is 66.9. The minimum Gasteiger partial charge on any atom is -0.226 e. The van der Waals surface area contributed by atoms with Gasteiger partial charge in [-0.1, -0.05) is 406 Å². The number of nitrogens with zero attached hydrogens (tertiary/aromatic N) is 6. The summed E-state index contributed by atoms with van der Waals surface area (Å²) in [6, 6.07) is 176. The van der Waals surface area contributed by atoms with Crippen molar-refractivity contribution in [3.63, 3.8) is 0 Å². The van der Waals surface area contributed by atoms with E-state index in [9.17, 15) is 0 Å². The van der Waals surface area contributed by atoms with E-state index in [2.05, 4.69) is 485 Å². The van der Waals surface area contributed by atoms with Gasteiger partial charge in [0.25, 0.3) is 0 Å². The smallest absolute Gasteiger partial charge is 0.160 e. The lowest BCUT2D eigenvalue weighted by Crippen LogP contribution is -1.95. The fourth-order valence-corrected chi connectivity index (χ4v) is 21.5. The zero-order valence-electron chi connectivity index (χ0n) is 73.3. The molecule has 0 fully saturated rings. The minimum atomic E-state index is 0.720. The van der Waals surface area contributed by atoms with Gasteiger partial charge in [0, 0.05) is 63.6 Å². The summed E-state index contributed by atoms with van der Waals surface area (Å²) in [4.78, 5) is 31.8. The van der Waals surface area contributed by atoms with Crippen LogP contribution in [0.3, 0.4) is 0 Å². The van der Waals surface area contributed by atoms with Crippen LogP contribution in [0.5, 0.6) is 0 Å². The quantitative estimate of drug-likeness (QED) is 0.0959. The second-order valence-electron chi connectivity index (χ2n) is 33.5. The Balaban J connectivity index is 0.000000114. The lowest BCUT2D eigenvalue weighted by Gasteiger charge is -2.13. The van der Waals surface area contributed by atoms with Crippen LogP contribution in [-0.4, -0.2) is 29.9 Å². The summed E-state index contributed by atoms with van der Waals surface area (Å²) in [5, 5.41) is 3.48. The number of hydrogen-bond acceptors (Lipinski definition) is 9. The fraction of sp³-hybridized carbons (Fsp3) is 0. The molecular weight excluding hydrogens is 1690 g/mol. The van der Waals surface area contributed by atoms with Crippen molar-refractivity contribution >= 4 is 94.9 Å². The van der Waals surface area contributed by atoms with Gasteiger partial charge in [-0.25, -0.2) is 29.9 Å². The highest BCUT2D eigenvalue weighted by atomic mass is 32.1. The molecule has 9 heteroatoms. The summed E-state index contributed by atoms with van der Waals surface area (Å²) in [6.45, 7) is 0. The monoisotopic (exact) mass is 1770 g/mol. The van der Waals surface area contributed by atoms with E-state index in [0.29, 0.717) is 0 Å². The van der Waals surface area contributed by atoms with Crippen LogP contribution in [0.1, 0.15) is 0 Å². The molecule has 6 nitrogen and oxygen atoms in total. The van der Waals surface area contributed by atoms with Gasteiger partial charge in [-0.3, -0.25) is 0 Å². The van der Waals surface area contributed by atoms with Crippen LogP contribution in [0.15, 0.2) is 497 Å². The molecular formula is C126H82N6S3. The number of benzene rings is 19. The van der Waals surface area contributed by atoms with Crippen LogP contribution >= 0.6 is 34.0 Å². The Labute approximate surface area is 795 Å². The Hall–Kier alpha value is -16.9. The molecule has 634 valence electrons. The van der Waals surface area contributed by atoms with E-state index in [1.54, 1.807) is 34.0 Å². The molecule has 19 aromatic carbocycles. The normalized spacial score (nSPS) is 11.3. The predicted octanol–water partition coefficient (Wildman–Crippen LogP) is 35.2. The Morgan fingerprint density at radius 2 is 0.304 bits per heavy atom. The van der Waals surface area contributed by atoms with Gasteiger partial charge >= 0.3 is 0 Å². The zero-order chi connectivity index (χ0) is 89.8. The highest BCUT2D eigenvalue weighted by molar-refractivity contribution is 7.27. The average Bonchev–Trinajstić information content (AvgIpc) is 1.63. The summed E-state index contributed by atoms with van der Waals surface area (Å²) < 4.78 is 6.95. The average molecular weight is 1780 g/mol. The number of rotatable bonds is 16. The number of thiophene rings is 3. The SMILES string of the molecule is c1ccc(-c2ccc(-c3nc(-c4cc(-c5ccccc5)cc(-c5ccccc5)c4)c4sc5ccccc5c4n3)cc2)cc1.c1ccc(-c2cccc(-c3cccc(-c4nc(-c5cc(-c6ccccc6)cc(-c6ccccc6)c5)nc5c4sc4ccccc45)c3)c2)cc1.c1ccc(-c2cccc(-c3nc(-c4cc(-c5ccccc5)cc(-c5ccccc5)c4)c4sc5ccccc5c4n3)c2)cc1. The molecule has 0 saturated heterocycles. The van der Waals surface area contributed by atoms with E-state index in [1.807, 2.05) is 12.1 Å². The van der Waals surface area contributed by atoms with Crippen molar-refractivity contribution in [2.45, 2.75) is 0 Å². The van der Waals surface area contributed by atoms with E-state index < -0.39 is 0 Å². The van der Waals surface area contributed by atoms with Gasteiger partial charge in [0.2, 0.25) is 0 Å². The number of hydrogen-bond donors (Lipinski definition) is 0. The Bertz CT molecular complexity index is 8440.